The number of esters is 1. The third-order valence-electron chi connectivity index (χ3n) is 2.34. The average Bonchev–Trinajstić information content (AvgIpc) is 2.07. The van der Waals surface area contributed by atoms with E-state index in [1.54, 1.807) is 7.11 Å². The average molecular weight is 187 g/mol. The SMILES string of the molecule is COC(CN)CC(=O)OC1CCC1. The van der Waals surface area contributed by atoms with E-state index in [1.807, 2.05) is 0 Å². The van der Waals surface area contributed by atoms with Crippen LogP contribution in [0.5, 0.6) is 0 Å². The maximum Gasteiger partial charge on any atom is 0.308 e. The van der Waals surface area contributed by atoms with E-state index in [-0.39, 0.29) is 24.6 Å². The van der Waals surface area contributed by atoms with E-state index < -0.39 is 0 Å². The molecule has 0 aliphatic heterocycles. The van der Waals surface area contributed by atoms with Crippen molar-refractivity contribution < 1.29 is 14.3 Å². The van der Waals surface area contributed by atoms with Gasteiger partial charge in [0.05, 0.1) is 12.5 Å². The second-order valence-corrected chi connectivity index (χ2v) is 3.34. The van der Waals surface area contributed by atoms with Gasteiger partial charge in [-0.15, -0.1) is 0 Å². The molecule has 0 radical (unpaired) electrons. The molecule has 0 aromatic rings. The minimum atomic E-state index is -0.201. The zero-order valence-electron chi connectivity index (χ0n) is 7.99. The summed E-state index contributed by atoms with van der Waals surface area (Å²) < 4.78 is 10.1. The molecular weight excluding hydrogens is 170 g/mol. The smallest absolute Gasteiger partial charge is 0.308 e. The summed E-state index contributed by atoms with van der Waals surface area (Å²) in [4.78, 5) is 11.2. The minimum absolute atomic E-state index is 0.155. The van der Waals surface area contributed by atoms with Crippen LogP contribution in [0, 0.1) is 0 Å². The van der Waals surface area contributed by atoms with Gasteiger partial charge in [-0.1, -0.05) is 0 Å². The standard InChI is InChI=1S/C9H17NO3/c1-12-8(6-10)5-9(11)13-7-3-2-4-7/h7-8H,2-6,10H2,1H3. The quantitative estimate of drug-likeness (QED) is 0.635. The lowest BCUT2D eigenvalue weighted by Crippen LogP contribution is -2.30. The van der Waals surface area contributed by atoms with Crippen LogP contribution < -0.4 is 5.73 Å². The summed E-state index contributed by atoms with van der Waals surface area (Å²) in [6.45, 7) is 0.357. The molecule has 0 heterocycles. The molecule has 0 bridgehead atoms. The molecule has 0 aromatic heterocycles. The van der Waals surface area contributed by atoms with Gasteiger partial charge in [0, 0.05) is 13.7 Å². The minimum Gasteiger partial charge on any atom is -0.462 e. The van der Waals surface area contributed by atoms with E-state index in [0.29, 0.717) is 6.54 Å². The third-order valence-corrected chi connectivity index (χ3v) is 2.34. The number of hydrogen-bond donors (Lipinski definition) is 1. The Morgan fingerprint density at radius 2 is 2.31 bits per heavy atom. The fourth-order valence-electron chi connectivity index (χ4n) is 1.17. The molecule has 0 saturated heterocycles. The Morgan fingerprint density at radius 3 is 2.69 bits per heavy atom. The summed E-state index contributed by atoms with van der Waals surface area (Å²) in [5.41, 5.74) is 5.38. The molecule has 1 aliphatic rings. The van der Waals surface area contributed by atoms with Crippen molar-refractivity contribution in [1.29, 1.82) is 0 Å². The number of ether oxygens (including phenoxy) is 2. The Balaban J connectivity index is 2.14. The molecule has 4 nitrogen and oxygen atoms in total. The highest BCUT2D eigenvalue weighted by molar-refractivity contribution is 5.70. The van der Waals surface area contributed by atoms with Gasteiger partial charge in [0.1, 0.15) is 6.10 Å². The maximum absolute atomic E-state index is 11.2. The number of methoxy groups -OCH3 is 1. The molecule has 1 fully saturated rings. The van der Waals surface area contributed by atoms with E-state index in [4.69, 9.17) is 15.2 Å². The summed E-state index contributed by atoms with van der Waals surface area (Å²) >= 11 is 0. The number of nitrogens with two attached hydrogens (primary N) is 1. The molecule has 0 spiro atoms. The Labute approximate surface area is 78.4 Å². The number of carbonyl (C=O) groups is 1. The summed E-state index contributed by atoms with van der Waals surface area (Å²) in [5.74, 6) is -0.193. The van der Waals surface area contributed by atoms with Gasteiger partial charge in [0.2, 0.25) is 0 Å². The fraction of sp³-hybridized carbons (Fsp3) is 0.889. The Bertz CT molecular complexity index is 164. The molecule has 2 N–H and O–H groups in total. The molecule has 1 unspecified atom stereocenters. The Morgan fingerprint density at radius 1 is 1.62 bits per heavy atom. The number of rotatable bonds is 5. The van der Waals surface area contributed by atoms with Crippen molar-refractivity contribution in [3.8, 4) is 0 Å². The first-order chi connectivity index (χ1) is 6.26. The maximum atomic E-state index is 11.2. The molecule has 13 heavy (non-hydrogen) atoms. The van der Waals surface area contributed by atoms with Crippen molar-refractivity contribution in [3.63, 3.8) is 0 Å². The molecule has 0 aromatic carbocycles. The van der Waals surface area contributed by atoms with Gasteiger partial charge in [0.25, 0.3) is 0 Å². The van der Waals surface area contributed by atoms with Crippen LogP contribution in [0.4, 0.5) is 0 Å². The van der Waals surface area contributed by atoms with Gasteiger partial charge in [-0.05, 0) is 19.3 Å². The number of carbonyl (C=O) groups excluding carboxylic acids is 1. The number of hydrogen-bond acceptors (Lipinski definition) is 4. The highest BCUT2D eigenvalue weighted by atomic mass is 16.5. The van der Waals surface area contributed by atoms with Gasteiger partial charge in [-0.3, -0.25) is 4.79 Å². The highest BCUT2D eigenvalue weighted by Gasteiger charge is 2.22. The normalized spacial score (nSPS) is 19.2. The van der Waals surface area contributed by atoms with Crippen LogP contribution in [0.15, 0.2) is 0 Å². The van der Waals surface area contributed by atoms with Crippen molar-refractivity contribution in [1.82, 2.24) is 0 Å². The Hall–Kier alpha value is -0.610. The summed E-state index contributed by atoms with van der Waals surface area (Å²) in [6.07, 6.45) is 3.40. The lowest BCUT2D eigenvalue weighted by atomic mass is 9.96. The second kappa shape index (κ2) is 5.19. The third kappa shape index (κ3) is 3.32. The van der Waals surface area contributed by atoms with Crippen molar-refractivity contribution >= 4 is 5.97 Å². The molecule has 76 valence electrons. The molecule has 1 aliphatic carbocycles. The van der Waals surface area contributed by atoms with Crippen molar-refractivity contribution in [3.05, 3.63) is 0 Å². The summed E-state index contributed by atoms with van der Waals surface area (Å²) in [7, 11) is 1.55. The van der Waals surface area contributed by atoms with E-state index in [0.717, 1.165) is 12.8 Å². The van der Waals surface area contributed by atoms with Gasteiger partial charge in [-0.25, -0.2) is 0 Å². The lowest BCUT2D eigenvalue weighted by Gasteiger charge is -2.25. The predicted octanol–water partition coefficient (Wildman–Crippen LogP) is 0.446. The highest BCUT2D eigenvalue weighted by Crippen LogP contribution is 2.22. The van der Waals surface area contributed by atoms with Crippen LogP contribution in [0.3, 0.4) is 0 Å². The van der Waals surface area contributed by atoms with E-state index in [1.165, 1.54) is 6.42 Å². The topological polar surface area (TPSA) is 61.5 Å². The predicted molar refractivity (Wildman–Crippen MR) is 48.2 cm³/mol. The lowest BCUT2D eigenvalue weighted by molar-refractivity contribution is -0.155. The summed E-state index contributed by atoms with van der Waals surface area (Å²) in [6, 6.07) is 0. The zero-order valence-corrected chi connectivity index (χ0v) is 7.99. The molecule has 1 atom stereocenters. The first-order valence-corrected chi connectivity index (χ1v) is 4.68. The second-order valence-electron chi connectivity index (χ2n) is 3.34. The zero-order chi connectivity index (χ0) is 9.68. The first-order valence-electron chi connectivity index (χ1n) is 4.68. The van der Waals surface area contributed by atoms with Crippen LogP contribution in [-0.2, 0) is 14.3 Å². The molecule has 1 rings (SSSR count). The molecular formula is C9H17NO3. The Kier molecular flexibility index (Phi) is 4.18. The van der Waals surface area contributed by atoms with E-state index in [9.17, 15) is 4.79 Å². The van der Waals surface area contributed by atoms with Crippen LogP contribution in [0.25, 0.3) is 0 Å². The van der Waals surface area contributed by atoms with Crippen molar-refractivity contribution in [2.45, 2.75) is 37.9 Å². The first kappa shape index (κ1) is 10.5. The van der Waals surface area contributed by atoms with Crippen LogP contribution in [0.2, 0.25) is 0 Å². The van der Waals surface area contributed by atoms with Crippen LogP contribution in [0.1, 0.15) is 25.7 Å². The van der Waals surface area contributed by atoms with Crippen molar-refractivity contribution in [2.24, 2.45) is 5.73 Å². The van der Waals surface area contributed by atoms with Gasteiger partial charge < -0.3 is 15.2 Å². The van der Waals surface area contributed by atoms with E-state index in [2.05, 4.69) is 0 Å². The van der Waals surface area contributed by atoms with Crippen LogP contribution >= 0.6 is 0 Å². The molecule has 4 heteroatoms. The van der Waals surface area contributed by atoms with E-state index >= 15 is 0 Å². The summed E-state index contributed by atoms with van der Waals surface area (Å²) in [5, 5.41) is 0. The fourth-order valence-corrected chi connectivity index (χ4v) is 1.17. The largest absolute Gasteiger partial charge is 0.462 e. The van der Waals surface area contributed by atoms with Crippen molar-refractivity contribution in [2.75, 3.05) is 13.7 Å². The monoisotopic (exact) mass is 187 g/mol. The van der Waals surface area contributed by atoms with Gasteiger partial charge in [-0.2, -0.15) is 0 Å². The van der Waals surface area contributed by atoms with Gasteiger partial charge >= 0.3 is 5.97 Å². The molecule has 0 amide bonds. The van der Waals surface area contributed by atoms with Crippen LogP contribution in [-0.4, -0.2) is 31.8 Å². The van der Waals surface area contributed by atoms with Gasteiger partial charge in [0.15, 0.2) is 0 Å². The molecule has 1 saturated carbocycles.